The zero-order chi connectivity index (χ0) is 36.4. The second kappa shape index (κ2) is 15.2. The number of nitrogens with zero attached hydrogens (tertiary/aromatic N) is 4. The number of fused-ring (bicyclic) bond motifs is 1. The first kappa shape index (κ1) is 35.3. The SMILES string of the molecule is Cc1nnc(NC(C)c2cccc(C(F)F)c2F)c2cc(-c3cccc(CCN4CCC(c5ccc(C6CCC(=O)NC6=O)cc5)CC4)c3)ncc12. The summed E-state index contributed by atoms with van der Waals surface area (Å²) in [5.41, 5.74) is 5.38. The van der Waals surface area contributed by atoms with Crippen molar-refractivity contribution >= 4 is 28.4 Å². The molecule has 2 atom stereocenters. The van der Waals surface area contributed by atoms with E-state index >= 15 is 0 Å². The molecule has 7 rings (SSSR count). The van der Waals surface area contributed by atoms with Gasteiger partial charge in [0.2, 0.25) is 11.8 Å². The quantitative estimate of drug-likeness (QED) is 0.141. The highest BCUT2D eigenvalue weighted by Crippen LogP contribution is 2.34. The summed E-state index contributed by atoms with van der Waals surface area (Å²) < 4.78 is 41.7. The number of aromatic nitrogens is 3. The lowest BCUT2D eigenvalue weighted by Gasteiger charge is -2.32. The van der Waals surface area contributed by atoms with Gasteiger partial charge in [0.15, 0.2) is 5.82 Å². The van der Waals surface area contributed by atoms with Gasteiger partial charge in [-0.1, -0.05) is 60.7 Å². The van der Waals surface area contributed by atoms with Gasteiger partial charge in [0, 0.05) is 41.1 Å². The number of carbonyl (C=O) groups excluding carboxylic acids is 2. The summed E-state index contributed by atoms with van der Waals surface area (Å²) in [6.45, 7) is 6.52. The van der Waals surface area contributed by atoms with Crippen molar-refractivity contribution in [3.8, 4) is 11.3 Å². The lowest BCUT2D eigenvalue weighted by Crippen LogP contribution is -2.39. The van der Waals surface area contributed by atoms with Crippen molar-refractivity contribution in [2.75, 3.05) is 25.0 Å². The average Bonchev–Trinajstić information content (AvgIpc) is 3.15. The first-order valence-corrected chi connectivity index (χ1v) is 17.9. The average molecular weight is 707 g/mol. The van der Waals surface area contributed by atoms with E-state index in [4.69, 9.17) is 4.98 Å². The maximum atomic E-state index is 14.9. The molecule has 0 bridgehead atoms. The Kier molecular flexibility index (Phi) is 10.3. The summed E-state index contributed by atoms with van der Waals surface area (Å²) in [6, 6.07) is 22.1. The van der Waals surface area contributed by atoms with Gasteiger partial charge in [-0.2, -0.15) is 5.10 Å². The monoisotopic (exact) mass is 706 g/mol. The molecule has 52 heavy (non-hydrogen) atoms. The second-order valence-corrected chi connectivity index (χ2v) is 13.9. The minimum absolute atomic E-state index is 0.125. The van der Waals surface area contributed by atoms with E-state index in [9.17, 15) is 22.8 Å². The van der Waals surface area contributed by atoms with Gasteiger partial charge >= 0.3 is 0 Å². The number of amides is 2. The topological polar surface area (TPSA) is 100 Å². The Morgan fingerprint density at radius 3 is 2.38 bits per heavy atom. The molecule has 2 fully saturated rings. The van der Waals surface area contributed by atoms with E-state index in [2.05, 4.69) is 50.0 Å². The van der Waals surface area contributed by atoms with E-state index in [0.717, 1.165) is 72.6 Å². The minimum atomic E-state index is -2.91. The standard InChI is InChI=1S/C41H41F3N6O2/c1-24(31-7-4-8-33(38(31)42)39(43)44)46-40-34-22-36(45-23-35(34)25(2)48-49-40)30-6-3-5-26(21-30)15-18-50-19-16-28(17-20-50)27-9-11-29(12-10-27)32-13-14-37(51)47-41(32)52/h3-12,21-24,28,32,39H,13-20H2,1-2H3,(H,46,49)(H,47,51,52). The molecule has 2 unspecified atom stereocenters. The number of pyridine rings is 1. The second-order valence-electron chi connectivity index (χ2n) is 13.9. The van der Waals surface area contributed by atoms with E-state index in [1.807, 2.05) is 37.3 Å². The molecule has 11 heteroatoms. The third-order valence-electron chi connectivity index (χ3n) is 10.5. The maximum Gasteiger partial charge on any atom is 0.266 e. The molecule has 4 heterocycles. The summed E-state index contributed by atoms with van der Waals surface area (Å²) in [6.07, 6.45) is 2.83. The van der Waals surface area contributed by atoms with Gasteiger partial charge in [-0.25, -0.2) is 13.2 Å². The van der Waals surface area contributed by atoms with Crippen LogP contribution < -0.4 is 10.6 Å². The van der Waals surface area contributed by atoms with Crippen molar-refractivity contribution in [2.45, 2.75) is 70.3 Å². The zero-order valence-corrected chi connectivity index (χ0v) is 29.2. The number of imide groups is 1. The largest absolute Gasteiger partial charge is 0.361 e. The van der Waals surface area contributed by atoms with Crippen molar-refractivity contribution in [2.24, 2.45) is 0 Å². The molecule has 8 nitrogen and oxygen atoms in total. The molecule has 2 aliphatic heterocycles. The number of piperidine rings is 2. The predicted molar refractivity (Wildman–Crippen MR) is 195 cm³/mol. The first-order chi connectivity index (χ1) is 25.1. The van der Waals surface area contributed by atoms with Gasteiger partial charge < -0.3 is 10.2 Å². The number of anilines is 1. The molecule has 0 radical (unpaired) electrons. The van der Waals surface area contributed by atoms with Crippen LogP contribution in [0.25, 0.3) is 22.0 Å². The van der Waals surface area contributed by atoms with Crippen LogP contribution in [0.15, 0.2) is 79.0 Å². The Morgan fingerprint density at radius 1 is 0.904 bits per heavy atom. The van der Waals surface area contributed by atoms with Crippen LogP contribution in [0.2, 0.25) is 0 Å². The number of carbonyl (C=O) groups is 2. The minimum Gasteiger partial charge on any atom is -0.361 e. The molecule has 5 aromatic rings. The van der Waals surface area contributed by atoms with Crippen LogP contribution >= 0.6 is 0 Å². The molecular weight excluding hydrogens is 665 g/mol. The summed E-state index contributed by atoms with van der Waals surface area (Å²) in [4.78, 5) is 31.1. The van der Waals surface area contributed by atoms with Crippen LogP contribution in [0.4, 0.5) is 19.0 Å². The van der Waals surface area contributed by atoms with Crippen molar-refractivity contribution in [1.82, 2.24) is 25.4 Å². The van der Waals surface area contributed by atoms with Crippen LogP contribution in [-0.2, 0) is 16.0 Å². The number of hydrogen-bond acceptors (Lipinski definition) is 7. The van der Waals surface area contributed by atoms with Gasteiger partial charge in [0.1, 0.15) is 5.82 Å². The van der Waals surface area contributed by atoms with Crippen molar-refractivity contribution in [1.29, 1.82) is 0 Å². The van der Waals surface area contributed by atoms with E-state index in [1.165, 1.54) is 23.3 Å². The highest BCUT2D eigenvalue weighted by atomic mass is 19.3. The van der Waals surface area contributed by atoms with Gasteiger partial charge in [0.05, 0.1) is 28.9 Å². The fraction of sp³-hybridized carbons (Fsp3) is 0.341. The molecule has 0 saturated carbocycles. The summed E-state index contributed by atoms with van der Waals surface area (Å²) in [5, 5.41) is 15.8. The van der Waals surface area contributed by atoms with E-state index in [0.29, 0.717) is 30.3 Å². The maximum absolute atomic E-state index is 14.9. The molecule has 2 amide bonds. The molecule has 0 spiro atoms. The Morgan fingerprint density at radius 2 is 1.63 bits per heavy atom. The Bertz CT molecular complexity index is 2100. The smallest absolute Gasteiger partial charge is 0.266 e. The number of benzene rings is 3. The highest BCUT2D eigenvalue weighted by molar-refractivity contribution is 6.01. The fourth-order valence-corrected chi connectivity index (χ4v) is 7.47. The molecular formula is C41H41F3N6O2. The van der Waals surface area contributed by atoms with Crippen molar-refractivity contribution < 1.29 is 22.8 Å². The summed E-state index contributed by atoms with van der Waals surface area (Å²) in [7, 11) is 0. The van der Waals surface area contributed by atoms with Gasteiger partial charge in [-0.15, -0.1) is 5.10 Å². The number of halogens is 3. The van der Waals surface area contributed by atoms with Crippen LogP contribution in [0.1, 0.15) is 90.4 Å². The van der Waals surface area contributed by atoms with Gasteiger partial charge in [0.25, 0.3) is 6.43 Å². The lowest BCUT2D eigenvalue weighted by atomic mass is 9.86. The highest BCUT2D eigenvalue weighted by Gasteiger charge is 2.28. The first-order valence-electron chi connectivity index (χ1n) is 17.9. The molecule has 2 aliphatic rings. The Labute approximate surface area is 300 Å². The van der Waals surface area contributed by atoms with Crippen molar-refractivity contribution in [3.63, 3.8) is 0 Å². The number of likely N-dealkylation sites (tertiary alicyclic amines) is 1. The normalized spacial score (nSPS) is 17.8. The van der Waals surface area contributed by atoms with E-state index < -0.39 is 23.8 Å². The molecule has 2 saturated heterocycles. The predicted octanol–water partition coefficient (Wildman–Crippen LogP) is 8.19. The van der Waals surface area contributed by atoms with Crippen molar-refractivity contribution in [3.05, 3.63) is 118 Å². The molecule has 3 aromatic carbocycles. The number of hydrogen-bond donors (Lipinski definition) is 2. The molecule has 2 N–H and O–H groups in total. The van der Waals surface area contributed by atoms with Crippen LogP contribution in [0, 0.1) is 12.7 Å². The zero-order valence-electron chi connectivity index (χ0n) is 29.2. The summed E-state index contributed by atoms with van der Waals surface area (Å²) in [5.74, 6) is -0.684. The Balaban J connectivity index is 0.989. The molecule has 2 aromatic heterocycles. The van der Waals surface area contributed by atoms with Crippen LogP contribution in [-0.4, -0.2) is 51.5 Å². The molecule has 0 aliphatic carbocycles. The van der Waals surface area contributed by atoms with Crippen LogP contribution in [0.5, 0.6) is 0 Å². The fourth-order valence-electron chi connectivity index (χ4n) is 7.47. The summed E-state index contributed by atoms with van der Waals surface area (Å²) >= 11 is 0. The number of rotatable bonds is 10. The van der Waals surface area contributed by atoms with Gasteiger partial charge in [-0.3, -0.25) is 19.9 Å². The number of alkyl halides is 2. The molecule has 268 valence electrons. The number of nitrogens with one attached hydrogen (secondary N) is 2. The lowest BCUT2D eigenvalue weighted by molar-refractivity contribution is -0.134. The van der Waals surface area contributed by atoms with E-state index in [1.54, 1.807) is 13.1 Å². The van der Waals surface area contributed by atoms with Crippen LogP contribution in [0.3, 0.4) is 0 Å². The van der Waals surface area contributed by atoms with Gasteiger partial charge in [-0.05, 0) is 87.4 Å². The third-order valence-corrected chi connectivity index (χ3v) is 10.5. The Hall–Kier alpha value is -5.16. The third kappa shape index (κ3) is 7.55. The number of aryl methyl sites for hydroxylation is 1. The van der Waals surface area contributed by atoms with E-state index in [-0.39, 0.29) is 23.3 Å².